The molecule has 3 N–H and O–H groups in total. The number of aliphatic imine (C=N–C) groups is 1. The summed E-state index contributed by atoms with van der Waals surface area (Å²) in [5.74, 6) is 2.43. The number of hydrogen-bond acceptors (Lipinski definition) is 4. The third kappa shape index (κ3) is 8.52. The first kappa shape index (κ1) is 23.1. The molecule has 0 bridgehead atoms. The van der Waals surface area contributed by atoms with Crippen LogP contribution in [0.2, 0.25) is 0 Å². The lowest BCUT2D eigenvalue weighted by atomic mass is 9.79. The summed E-state index contributed by atoms with van der Waals surface area (Å²) in [6.07, 6.45) is 3.69. The van der Waals surface area contributed by atoms with E-state index >= 15 is 0 Å². The molecule has 27 heavy (non-hydrogen) atoms. The van der Waals surface area contributed by atoms with Gasteiger partial charge >= 0.3 is 0 Å². The van der Waals surface area contributed by atoms with Crippen molar-refractivity contribution < 1.29 is 14.6 Å². The Kier molecular flexibility index (Phi) is 11.3. The molecule has 6 heteroatoms. The van der Waals surface area contributed by atoms with Crippen LogP contribution in [0.25, 0.3) is 0 Å². The minimum Gasteiger partial charge on any atom is -0.497 e. The van der Waals surface area contributed by atoms with Gasteiger partial charge in [0, 0.05) is 32.3 Å². The number of ether oxygens (including phenoxy) is 2. The SMILES string of the molecule is CCNC(=NCC(CC)(CC)CCO)NCCCOc1cccc(OC)c1. The number of aliphatic hydroxyl groups is 1. The normalized spacial score (nSPS) is 12.0. The molecule has 0 heterocycles. The zero-order valence-electron chi connectivity index (χ0n) is 17.4. The van der Waals surface area contributed by atoms with Gasteiger partial charge in [0.05, 0.1) is 13.7 Å². The van der Waals surface area contributed by atoms with Gasteiger partial charge in [-0.15, -0.1) is 0 Å². The van der Waals surface area contributed by atoms with Crippen molar-refractivity contribution in [1.82, 2.24) is 10.6 Å². The Morgan fingerprint density at radius 1 is 1.15 bits per heavy atom. The Balaban J connectivity index is 2.45. The van der Waals surface area contributed by atoms with Gasteiger partial charge in [-0.1, -0.05) is 19.9 Å². The summed E-state index contributed by atoms with van der Waals surface area (Å²) in [7, 11) is 1.65. The molecule has 0 aliphatic heterocycles. The minimum atomic E-state index is 0.0760. The maximum Gasteiger partial charge on any atom is 0.191 e. The summed E-state index contributed by atoms with van der Waals surface area (Å²) < 4.78 is 11.0. The molecule has 1 rings (SSSR count). The fourth-order valence-electron chi connectivity index (χ4n) is 2.89. The van der Waals surface area contributed by atoms with Gasteiger partial charge < -0.3 is 25.2 Å². The maximum atomic E-state index is 9.36. The molecule has 0 spiro atoms. The third-order valence-electron chi connectivity index (χ3n) is 4.98. The van der Waals surface area contributed by atoms with E-state index in [1.807, 2.05) is 24.3 Å². The molecule has 0 fully saturated rings. The molecule has 0 radical (unpaired) electrons. The van der Waals surface area contributed by atoms with Gasteiger partial charge in [0.2, 0.25) is 0 Å². The maximum absolute atomic E-state index is 9.36. The first-order valence-electron chi connectivity index (χ1n) is 10.0. The van der Waals surface area contributed by atoms with E-state index in [0.29, 0.717) is 6.61 Å². The lowest BCUT2D eigenvalue weighted by molar-refractivity contribution is 0.175. The predicted octanol–water partition coefficient (Wildman–Crippen LogP) is 3.21. The molecule has 0 atom stereocenters. The summed E-state index contributed by atoms with van der Waals surface area (Å²) in [5, 5.41) is 16.0. The van der Waals surface area contributed by atoms with E-state index in [-0.39, 0.29) is 12.0 Å². The number of hydrogen-bond donors (Lipinski definition) is 3. The second kappa shape index (κ2) is 13.3. The zero-order valence-corrected chi connectivity index (χ0v) is 17.4. The molecule has 0 unspecified atom stereocenters. The second-order valence-corrected chi connectivity index (χ2v) is 6.68. The number of methoxy groups -OCH3 is 1. The van der Waals surface area contributed by atoms with E-state index in [0.717, 1.165) is 62.8 Å². The zero-order chi connectivity index (χ0) is 20.0. The molecule has 1 aromatic carbocycles. The molecule has 6 nitrogen and oxygen atoms in total. The lowest BCUT2D eigenvalue weighted by Crippen LogP contribution is -2.39. The van der Waals surface area contributed by atoms with Gasteiger partial charge in [-0.2, -0.15) is 0 Å². The summed E-state index contributed by atoms with van der Waals surface area (Å²) in [4.78, 5) is 4.75. The molecule has 0 aliphatic carbocycles. The molecule has 0 amide bonds. The number of benzene rings is 1. The Labute approximate surface area is 164 Å². The molecular formula is C21H37N3O3. The van der Waals surface area contributed by atoms with Crippen LogP contribution in [-0.4, -0.2) is 51.0 Å². The van der Waals surface area contributed by atoms with Crippen molar-refractivity contribution in [3.05, 3.63) is 24.3 Å². The van der Waals surface area contributed by atoms with Crippen molar-refractivity contribution in [2.24, 2.45) is 10.4 Å². The Morgan fingerprint density at radius 3 is 2.52 bits per heavy atom. The Hall–Kier alpha value is -1.95. The van der Waals surface area contributed by atoms with Crippen molar-refractivity contribution in [1.29, 1.82) is 0 Å². The van der Waals surface area contributed by atoms with Crippen LogP contribution < -0.4 is 20.1 Å². The van der Waals surface area contributed by atoms with Crippen LogP contribution in [0.3, 0.4) is 0 Å². The largest absolute Gasteiger partial charge is 0.497 e. The standard InChI is InChI=1S/C21H37N3O3/c1-5-21(6-2,12-14-25)17-24-20(22-7-3)23-13-9-15-27-19-11-8-10-18(16-19)26-4/h8,10-11,16,25H,5-7,9,12-15,17H2,1-4H3,(H2,22,23,24). The first-order valence-corrected chi connectivity index (χ1v) is 10.0. The van der Waals surface area contributed by atoms with Crippen molar-refractivity contribution in [3.8, 4) is 11.5 Å². The summed E-state index contributed by atoms with van der Waals surface area (Å²) in [6.45, 7) is 9.55. The first-order chi connectivity index (χ1) is 13.1. The summed E-state index contributed by atoms with van der Waals surface area (Å²) >= 11 is 0. The molecule has 0 aromatic heterocycles. The van der Waals surface area contributed by atoms with E-state index in [9.17, 15) is 5.11 Å². The number of guanidine groups is 1. The van der Waals surface area contributed by atoms with Crippen LogP contribution in [0, 0.1) is 5.41 Å². The van der Waals surface area contributed by atoms with Gasteiger partial charge in [-0.25, -0.2) is 0 Å². The van der Waals surface area contributed by atoms with E-state index in [1.54, 1.807) is 7.11 Å². The van der Waals surface area contributed by atoms with E-state index < -0.39 is 0 Å². The van der Waals surface area contributed by atoms with Crippen LogP contribution in [0.15, 0.2) is 29.3 Å². The quantitative estimate of drug-likeness (QED) is 0.279. The molecule has 154 valence electrons. The third-order valence-corrected chi connectivity index (χ3v) is 4.98. The van der Waals surface area contributed by atoms with Gasteiger partial charge in [0.1, 0.15) is 11.5 Å². The van der Waals surface area contributed by atoms with E-state index in [2.05, 4.69) is 31.4 Å². The minimum absolute atomic E-state index is 0.0760. The lowest BCUT2D eigenvalue weighted by Gasteiger charge is -2.29. The summed E-state index contributed by atoms with van der Waals surface area (Å²) in [5.41, 5.74) is 0.0760. The van der Waals surface area contributed by atoms with E-state index in [4.69, 9.17) is 14.5 Å². The van der Waals surface area contributed by atoms with Crippen LogP contribution >= 0.6 is 0 Å². The average molecular weight is 380 g/mol. The van der Waals surface area contributed by atoms with Crippen molar-refractivity contribution in [3.63, 3.8) is 0 Å². The van der Waals surface area contributed by atoms with Crippen LogP contribution in [0.5, 0.6) is 11.5 Å². The Morgan fingerprint density at radius 2 is 1.89 bits per heavy atom. The van der Waals surface area contributed by atoms with E-state index in [1.165, 1.54) is 0 Å². The van der Waals surface area contributed by atoms with Crippen LogP contribution in [0.4, 0.5) is 0 Å². The van der Waals surface area contributed by atoms with Crippen LogP contribution in [-0.2, 0) is 0 Å². The topological polar surface area (TPSA) is 75.1 Å². The fourth-order valence-corrected chi connectivity index (χ4v) is 2.89. The average Bonchev–Trinajstić information content (AvgIpc) is 2.70. The van der Waals surface area contributed by atoms with Gasteiger partial charge in [0.15, 0.2) is 5.96 Å². The monoisotopic (exact) mass is 379 g/mol. The number of rotatable bonds is 13. The molecule has 0 aliphatic rings. The fraction of sp³-hybridized carbons (Fsp3) is 0.667. The van der Waals surface area contributed by atoms with Crippen molar-refractivity contribution in [2.45, 2.75) is 46.5 Å². The number of nitrogens with zero attached hydrogens (tertiary/aromatic N) is 1. The summed E-state index contributed by atoms with van der Waals surface area (Å²) in [6, 6.07) is 7.63. The smallest absolute Gasteiger partial charge is 0.191 e. The highest BCUT2D eigenvalue weighted by Crippen LogP contribution is 2.30. The Bertz CT molecular complexity index is 545. The predicted molar refractivity (Wildman–Crippen MR) is 112 cm³/mol. The van der Waals surface area contributed by atoms with Crippen molar-refractivity contribution in [2.75, 3.05) is 40.0 Å². The van der Waals surface area contributed by atoms with Crippen molar-refractivity contribution >= 4 is 5.96 Å². The molecule has 0 saturated carbocycles. The highest BCUT2D eigenvalue weighted by atomic mass is 16.5. The number of aliphatic hydroxyl groups excluding tert-OH is 1. The highest BCUT2D eigenvalue weighted by Gasteiger charge is 2.25. The highest BCUT2D eigenvalue weighted by molar-refractivity contribution is 5.79. The van der Waals surface area contributed by atoms with Gasteiger partial charge in [-0.3, -0.25) is 4.99 Å². The van der Waals surface area contributed by atoms with Gasteiger partial charge in [0.25, 0.3) is 0 Å². The number of nitrogens with one attached hydrogen (secondary N) is 2. The van der Waals surface area contributed by atoms with Crippen LogP contribution in [0.1, 0.15) is 46.5 Å². The molecule has 0 saturated heterocycles. The molecular weight excluding hydrogens is 342 g/mol. The molecule has 1 aromatic rings. The second-order valence-electron chi connectivity index (χ2n) is 6.68. The van der Waals surface area contributed by atoms with Gasteiger partial charge in [-0.05, 0) is 50.2 Å².